The fourth-order valence-electron chi connectivity index (χ4n) is 2.28. The van der Waals surface area contributed by atoms with E-state index in [4.69, 9.17) is 0 Å². The number of aliphatic imine (C=N–C) groups is 1. The van der Waals surface area contributed by atoms with E-state index in [1.54, 1.807) is 0 Å². The molecule has 0 spiro atoms. The Morgan fingerprint density at radius 2 is 1.88 bits per heavy atom. The second kappa shape index (κ2) is 11.8. The van der Waals surface area contributed by atoms with Crippen LogP contribution in [-0.2, 0) is 20.1 Å². The van der Waals surface area contributed by atoms with Crippen LogP contribution in [0.3, 0.4) is 0 Å². The Morgan fingerprint density at radius 3 is 2.52 bits per heavy atom. The van der Waals surface area contributed by atoms with Crippen LogP contribution < -0.4 is 10.6 Å². The molecular formula is C18H29IN6. The van der Waals surface area contributed by atoms with Gasteiger partial charge in [-0.3, -0.25) is 0 Å². The van der Waals surface area contributed by atoms with Gasteiger partial charge in [0.25, 0.3) is 0 Å². The molecule has 7 heteroatoms. The number of nitrogens with one attached hydrogen (secondary N) is 2. The van der Waals surface area contributed by atoms with Crippen LogP contribution in [0, 0.1) is 6.92 Å². The minimum atomic E-state index is 0. The van der Waals surface area contributed by atoms with Gasteiger partial charge in [-0.25, -0.2) is 4.99 Å². The van der Waals surface area contributed by atoms with E-state index in [1.807, 2.05) is 36.7 Å². The van der Waals surface area contributed by atoms with Crippen LogP contribution in [0.2, 0.25) is 0 Å². The predicted molar refractivity (Wildman–Crippen MR) is 113 cm³/mol. The normalized spacial score (nSPS) is 11.1. The number of halogens is 1. The first-order valence-corrected chi connectivity index (χ1v) is 8.61. The van der Waals surface area contributed by atoms with Crippen molar-refractivity contribution in [3.05, 3.63) is 47.5 Å². The van der Waals surface area contributed by atoms with E-state index in [0.29, 0.717) is 13.1 Å². The highest BCUT2D eigenvalue weighted by molar-refractivity contribution is 14.0. The van der Waals surface area contributed by atoms with E-state index in [1.165, 1.54) is 18.4 Å². The highest BCUT2D eigenvalue weighted by Crippen LogP contribution is 2.01. The molecule has 2 rings (SSSR count). The van der Waals surface area contributed by atoms with Crippen molar-refractivity contribution in [3.8, 4) is 0 Å². The molecule has 25 heavy (non-hydrogen) atoms. The number of benzene rings is 1. The molecule has 1 heterocycles. The molecule has 6 nitrogen and oxygen atoms in total. The van der Waals surface area contributed by atoms with Crippen molar-refractivity contribution in [2.24, 2.45) is 12.0 Å². The molecule has 1 aromatic heterocycles. The molecule has 0 aliphatic heterocycles. The van der Waals surface area contributed by atoms with Crippen LogP contribution in [-0.4, -0.2) is 27.3 Å². The van der Waals surface area contributed by atoms with E-state index >= 15 is 0 Å². The first-order valence-electron chi connectivity index (χ1n) is 8.61. The van der Waals surface area contributed by atoms with Gasteiger partial charge >= 0.3 is 0 Å². The Balaban J connectivity index is 0.00000312. The lowest BCUT2D eigenvalue weighted by molar-refractivity contribution is 0.670. The van der Waals surface area contributed by atoms with Crippen molar-refractivity contribution in [2.45, 2.75) is 46.2 Å². The number of guanidine groups is 1. The maximum absolute atomic E-state index is 4.68. The third-order valence-electron chi connectivity index (χ3n) is 3.93. The molecule has 0 bridgehead atoms. The van der Waals surface area contributed by atoms with Gasteiger partial charge in [0.2, 0.25) is 0 Å². The molecule has 0 saturated heterocycles. The molecule has 0 aliphatic carbocycles. The highest BCUT2D eigenvalue weighted by Gasteiger charge is 2.06. The van der Waals surface area contributed by atoms with Crippen molar-refractivity contribution in [1.29, 1.82) is 0 Å². The smallest absolute Gasteiger partial charge is 0.191 e. The van der Waals surface area contributed by atoms with Crippen LogP contribution in [0.25, 0.3) is 0 Å². The van der Waals surface area contributed by atoms with Crippen LogP contribution >= 0.6 is 24.0 Å². The number of hydrogen-bond donors (Lipinski definition) is 2. The number of aryl methyl sites for hydroxylation is 1. The largest absolute Gasteiger partial charge is 0.356 e. The Kier molecular flexibility index (Phi) is 10.1. The summed E-state index contributed by atoms with van der Waals surface area (Å²) in [5.41, 5.74) is 1.20. The molecule has 0 amide bonds. The minimum absolute atomic E-state index is 0. The van der Waals surface area contributed by atoms with Crippen LogP contribution in [0.15, 0.2) is 35.3 Å². The van der Waals surface area contributed by atoms with Crippen molar-refractivity contribution >= 4 is 29.9 Å². The second-order valence-corrected chi connectivity index (χ2v) is 5.86. The van der Waals surface area contributed by atoms with Crippen LogP contribution in [0.4, 0.5) is 0 Å². The first kappa shape index (κ1) is 21.4. The van der Waals surface area contributed by atoms with Gasteiger partial charge in [-0.2, -0.15) is 0 Å². The SMILES string of the molecule is CCCCCNC(=NCc1ccccc1)NCc1nnc(C)n1C.I. The van der Waals surface area contributed by atoms with Gasteiger partial charge in [0.15, 0.2) is 11.8 Å². The third kappa shape index (κ3) is 7.41. The Labute approximate surface area is 167 Å². The van der Waals surface area contributed by atoms with E-state index < -0.39 is 0 Å². The lowest BCUT2D eigenvalue weighted by Gasteiger charge is -2.12. The zero-order valence-corrected chi connectivity index (χ0v) is 17.7. The molecule has 0 saturated carbocycles. The lowest BCUT2D eigenvalue weighted by atomic mass is 10.2. The lowest BCUT2D eigenvalue weighted by Crippen LogP contribution is -2.38. The number of unbranched alkanes of at least 4 members (excludes halogenated alkanes) is 2. The quantitative estimate of drug-likeness (QED) is 0.277. The van der Waals surface area contributed by atoms with Gasteiger partial charge in [0, 0.05) is 13.6 Å². The number of aromatic nitrogens is 3. The summed E-state index contributed by atoms with van der Waals surface area (Å²) in [6.45, 7) is 6.34. The van der Waals surface area contributed by atoms with Crippen molar-refractivity contribution in [1.82, 2.24) is 25.4 Å². The average Bonchev–Trinajstić information content (AvgIpc) is 2.93. The van der Waals surface area contributed by atoms with Gasteiger partial charge in [-0.1, -0.05) is 50.1 Å². The number of rotatable bonds is 8. The summed E-state index contributed by atoms with van der Waals surface area (Å²) in [4.78, 5) is 4.68. The van der Waals surface area contributed by atoms with Gasteiger partial charge in [0.1, 0.15) is 5.82 Å². The highest BCUT2D eigenvalue weighted by atomic mass is 127. The monoisotopic (exact) mass is 456 g/mol. The summed E-state index contributed by atoms with van der Waals surface area (Å²) in [6.07, 6.45) is 3.58. The number of hydrogen-bond acceptors (Lipinski definition) is 3. The van der Waals surface area contributed by atoms with Crippen LogP contribution in [0.5, 0.6) is 0 Å². The van der Waals surface area contributed by atoms with E-state index in [0.717, 1.165) is 30.6 Å². The fourth-order valence-corrected chi connectivity index (χ4v) is 2.28. The van der Waals surface area contributed by atoms with Crippen molar-refractivity contribution < 1.29 is 0 Å². The molecule has 0 atom stereocenters. The second-order valence-electron chi connectivity index (χ2n) is 5.86. The zero-order valence-electron chi connectivity index (χ0n) is 15.3. The summed E-state index contributed by atoms with van der Waals surface area (Å²) in [7, 11) is 1.97. The van der Waals surface area contributed by atoms with Gasteiger partial charge in [0.05, 0.1) is 13.1 Å². The Bertz CT molecular complexity index is 638. The topological polar surface area (TPSA) is 67.1 Å². The summed E-state index contributed by atoms with van der Waals surface area (Å²) in [5.74, 6) is 2.62. The summed E-state index contributed by atoms with van der Waals surface area (Å²) >= 11 is 0. The van der Waals surface area contributed by atoms with Crippen molar-refractivity contribution in [2.75, 3.05) is 6.54 Å². The summed E-state index contributed by atoms with van der Waals surface area (Å²) < 4.78 is 1.99. The minimum Gasteiger partial charge on any atom is -0.356 e. The summed E-state index contributed by atoms with van der Waals surface area (Å²) in [5, 5.41) is 15.0. The predicted octanol–water partition coefficient (Wildman–Crippen LogP) is 3.17. The molecule has 2 aromatic rings. The average molecular weight is 456 g/mol. The molecule has 2 N–H and O–H groups in total. The molecule has 0 unspecified atom stereocenters. The summed E-state index contributed by atoms with van der Waals surface area (Å²) in [6, 6.07) is 10.3. The van der Waals surface area contributed by atoms with Gasteiger partial charge in [-0.05, 0) is 18.9 Å². The van der Waals surface area contributed by atoms with Crippen molar-refractivity contribution in [3.63, 3.8) is 0 Å². The molecule has 0 fully saturated rings. The molecule has 1 aromatic carbocycles. The first-order chi connectivity index (χ1) is 11.7. The maximum Gasteiger partial charge on any atom is 0.191 e. The van der Waals surface area contributed by atoms with Gasteiger partial charge in [-0.15, -0.1) is 34.2 Å². The molecule has 138 valence electrons. The fraction of sp³-hybridized carbons (Fsp3) is 0.500. The molecule has 0 radical (unpaired) electrons. The zero-order chi connectivity index (χ0) is 17.2. The third-order valence-corrected chi connectivity index (χ3v) is 3.93. The Hall–Kier alpha value is -1.64. The van der Waals surface area contributed by atoms with E-state index in [-0.39, 0.29) is 24.0 Å². The van der Waals surface area contributed by atoms with E-state index in [2.05, 4.69) is 44.9 Å². The van der Waals surface area contributed by atoms with Crippen LogP contribution in [0.1, 0.15) is 43.4 Å². The molecule has 0 aliphatic rings. The van der Waals surface area contributed by atoms with E-state index in [9.17, 15) is 0 Å². The standard InChI is InChI=1S/C18H28N6.HI/c1-4-5-9-12-19-18(20-13-16-10-7-6-8-11-16)21-14-17-23-22-15(2)24(17)3;/h6-8,10-11H,4-5,9,12-14H2,1-3H3,(H2,19,20,21);1H. The van der Waals surface area contributed by atoms with Gasteiger partial charge < -0.3 is 15.2 Å². The molecular weight excluding hydrogens is 427 g/mol. The number of nitrogens with zero attached hydrogens (tertiary/aromatic N) is 4. The maximum atomic E-state index is 4.68. The Morgan fingerprint density at radius 1 is 1.12 bits per heavy atom.